The second-order valence-corrected chi connectivity index (χ2v) is 8.94. The van der Waals surface area contributed by atoms with Crippen LogP contribution in [0.15, 0.2) is 48.0 Å². The van der Waals surface area contributed by atoms with Gasteiger partial charge in [0, 0.05) is 29.0 Å². The number of hydrogen-bond acceptors (Lipinski definition) is 5. The van der Waals surface area contributed by atoms with Crippen molar-refractivity contribution in [2.75, 3.05) is 25.4 Å². The zero-order valence-electron chi connectivity index (χ0n) is 16.4. The third kappa shape index (κ3) is 8.20. The molecule has 0 unspecified atom stereocenters. The van der Waals surface area contributed by atoms with Crippen LogP contribution in [0.1, 0.15) is 29.7 Å². The molecule has 4 nitrogen and oxygen atoms in total. The van der Waals surface area contributed by atoms with Gasteiger partial charge in [-0.1, -0.05) is 18.2 Å². The smallest absolute Gasteiger partial charge is 0.233 e. The fourth-order valence-electron chi connectivity index (χ4n) is 3.09. The minimum Gasteiger partial charge on any atom is -0.492 e. The van der Waals surface area contributed by atoms with Gasteiger partial charge in [0.2, 0.25) is 5.91 Å². The van der Waals surface area contributed by atoms with Gasteiger partial charge in [-0.05, 0) is 55.9 Å². The maximum atomic E-state index is 13.1. The number of hydrogen-bond donors (Lipinski definition) is 1. The van der Waals surface area contributed by atoms with Gasteiger partial charge in [0.15, 0.2) is 0 Å². The zero-order chi connectivity index (χ0) is 20.3. The Bertz CT molecular complexity index is 804. The number of nitrogens with one attached hydrogen (secondary N) is 1. The molecule has 0 radical (unpaired) electrons. The predicted molar refractivity (Wildman–Crippen MR) is 119 cm³/mol. The van der Waals surface area contributed by atoms with E-state index in [9.17, 15) is 9.18 Å². The molecule has 1 aromatic heterocycles. The van der Waals surface area contributed by atoms with Crippen molar-refractivity contribution in [2.24, 2.45) is 0 Å². The molecule has 0 atom stereocenters. The van der Waals surface area contributed by atoms with Gasteiger partial charge >= 0.3 is 0 Å². The summed E-state index contributed by atoms with van der Waals surface area (Å²) >= 11 is 3.21. The number of thiophene rings is 1. The molecule has 29 heavy (non-hydrogen) atoms. The molecule has 1 N–H and O–H groups in total. The van der Waals surface area contributed by atoms with E-state index < -0.39 is 0 Å². The highest BCUT2D eigenvalue weighted by molar-refractivity contribution is 7.99. The van der Waals surface area contributed by atoms with E-state index in [4.69, 9.17) is 4.74 Å². The largest absolute Gasteiger partial charge is 0.492 e. The first-order valence-corrected chi connectivity index (χ1v) is 11.9. The zero-order valence-corrected chi connectivity index (χ0v) is 18.1. The van der Waals surface area contributed by atoms with Crippen molar-refractivity contribution in [2.45, 2.75) is 31.6 Å². The van der Waals surface area contributed by atoms with Crippen molar-refractivity contribution < 1.29 is 13.9 Å². The second kappa shape index (κ2) is 12.0. The Morgan fingerprint density at radius 3 is 3.00 bits per heavy atom. The first-order chi connectivity index (χ1) is 14.2. The molecule has 1 aromatic carbocycles. The molecule has 1 amide bonds. The second-order valence-electron chi connectivity index (χ2n) is 6.96. The van der Waals surface area contributed by atoms with Crippen molar-refractivity contribution >= 4 is 29.0 Å². The highest BCUT2D eigenvalue weighted by Gasteiger charge is 2.12. The molecular formula is C22H27FN2O2S2. The van der Waals surface area contributed by atoms with E-state index >= 15 is 0 Å². The minimum atomic E-state index is -0.247. The van der Waals surface area contributed by atoms with E-state index in [1.807, 2.05) is 12.1 Å². The molecule has 1 aliphatic rings. The van der Waals surface area contributed by atoms with Crippen LogP contribution in [0.2, 0.25) is 0 Å². The Hall–Kier alpha value is -1.83. The molecule has 0 spiro atoms. The first kappa shape index (κ1) is 21.9. The molecule has 0 bridgehead atoms. The van der Waals surface area contributed by atoms with Crippen LogP contribution in [0.3, 0.4) is 0 Å². The summed E-state index contributed by atoms with van der Waals surface area (Å²) in [6, 6.07) is 8.58. The van der Waals surface area contributed by atoms with Gasteiger partial charge in [0.25, 0.3) is 0 Å². The molecule has 0 aliphatic carbocycles. The van der Waals surface area contributed by atoms with Crippen LogP contribution in [-0.4, -0.2) is 36.3 Å². The highest BCUT2D eigenvalue weighted by atomic mass is 32.2. The summed E-state index contributed by atoms with van der Waals surface area (Å²) in [6.45, 7) is 4.01. The summed E-state index contributed by atoms with van der Waals surface area (Å²) in [5.74, 6) is 1.57. The Morgan fingerprint density at radius 1 is 1.31 bits per heavy atom. The van der Waals surface area contributed by atoms with E-state index in [1.54, 1.807) is 23.6 Å². The van der Waals surface area contributed by atoms with Gasteiger partial charge < -0.3 is 10.1 Å². The van der Waals surface area contributed by atoms with Crippen molar-refractivity contribution in [1.29, 1.82) is 0 Å². The monoisotopic (exact) mass is 434 g/mol. The summed E-state index contributed by atoms with van der Waals surface area (Å²) in [5.41, 5.74) is 0.882. The number of thioether (sulfide) groups is 1. The van der Waals surface area contributed by atoms with Gasteiger partial charge in [0.1, 0.15) is 11.6 Å². The number of rotatable bonds is 11. The lowest BCUT2D eigenvalue weighted by molar-refractivity contribution is -0.117. The van der Waals surface area contributed by atoms with Crippen molar-refractivity contribution in [1.82, 2.24) is 10.2 Å². The summed E-state index contributed by atoms with van der Waals surface area (Å²) in [4.78, 5) is 15.6. The molecule has 2 heterocycles. The lowest BCUT2D eigenvalue weighted by Crippen LogP contribution is -2.19. The molecule has 2 aromatic rings. The van der Waals surface area contributed by atoms with Crippen LogP contribution >= 0.6 is 23.1 Å². The first-order valence-electron chi connectivity index (χ1n) is 9.88. The van der Waals surface area contributed by atoms with Crippen molar-refractivity contribution in [3.63, 3.8) is 0 Å². The Labute approximate surface area is 180 Å². The van der Waals surface area contributed by atoms with E-state index in [1.165, 1.54) is 54.7 Å². The number of halogens is 1. The quantitative estimate of drug-likeness (QED) is 0.515. The fourth-order valence-corrected chi connectivity index (χ4v) is 4.72. The van der Waals surface area contributed by atoms with Crippen molar-refractivity contribution in [3.05, 3.63) is 64.2 Å². The lowest BCUT2D eigenvalue weighted by Gasteiger charge is -2.12. The van der Waals surface area contributed by atoms with Gasteiger partial charge in [-0.2, -0.15) is 0 Å². The highest BCUT2D eigenvalue weighted by Crippen LogP contribution is 2.24. The molecular weight excluding hydrogens is 407 g/mol. The maximum Gasteiger partial charge on any atom is 0.233 e. The van der Waals surface area contributed by atoms with E-state index in [-0.39, 0.29) is 11.7 Å². The lowest BCUT2D eigenvalue weighted by atomic mass is 10.2. The van der Waals surface area contributed by atoms with Crippen LogP contribution in [0, 0.1) is 5.82 Å². The number of ether oxygens (including phenoxy) is 1. The van der Waals surface area contributed by atoms with E-state index in [0.717, 1.165) is 24.3 Å². The predicted octanol–water partition coefficient (Wildman–Crippen LogP) is 4.82. The Morgan fingerprint density at radius 2 is 2.17 bits per heavy atom. The Balaban J connectivity index is 1.24. The number of nitrogens with zero attached hydrogens (tertiary/aromatic N) is 1. The average Bonchev–Trinajstić information content (AvgIpc) is 3.37. The minimum absolute atomic E-state index is 0.0621. The van der Waals surface area contributed by atoms with Crippen LogP contribution in [0.25, 0.3) is 0 Å². The third-order valence-electron chi connectivity index (χ3n) is 4.51. The van der Waals surface area contributed by atoms with Gasteiger partial charge in [-0.15, -0.1) is 23.1 Å². The number of likely N-dealkylation sites (tertiary alicyclic amines) is 1. The molecule has 1 saturated heterocycles. The SMILES string of the molecule is O=C(CSCc1cccc(F)c1)N/C=C\CCOc1csc(CN2CCCC2)c1. The average molecular weight is 435 g/mol. The standard InChI is InChI=1S/C22H27FN2O2S2/c23-19-7-5-6-18(12-19)15-28-17-22(26)24-8-1-4-11-27-20-13-21(29-16-20)14-25-9-2-3-10-25/h1,5-8,12-13,16H,2-4,9-11,14-15,17H2,(H,24,26)/b8-1-. The summed E-state index contributed by atoms with van der Waals surface area (Å²) in [5, 5.41) is 4.81. The number of carbonyl (C=O) groups is 1. The van der Waals surface area contributed by atoms with E-state index in [2.05, 4.69) is 21.7 Å². The van der Waals surface area contributed by atoms with E-state index in [0.29, 0.717) is 18.1 Å². The van der Waals surface area contributed by atoms with Crippen LogP contribution in [-0.2, 0) is 17.1 Å². The molecule has 156 valence electrons. The molecule has 1 fully saturated rings. The Kier molecular flexibility index (Phi) is 9.05. The maximum absolute atomic E-state index is 13.1. The van der Waals surface area contributed by atoms with Crippen LogP contribution < -0.4 is 10.1 Å². The third-order valence-corrected chi connectivity index (χ3v) is 6.42. The van der Waals surface area contributed by atoms with Gasteiger partial charge in [-0.3, -0.25) is 9.69 Å². The summed E-state index contributed by atoms with van der Waals surface area (Å²) < 4.78 is 18.9. The number of benzene rings is 1. The number of carbonyl (C=O) groups excluding carboxylic acids is 1. The summed E-state index contributed by atoms with van der Waals surface area (Å²) in [7, 11) is 0. The molecule has 3 rings (SSSR count). The molecule has 1 aliphatic heterocycles. The molecule has 0 saturated carbocycles. The van der Waals surface area contributed by atoms with Gasteiger partial charge in [0.05, 0.1) is 12.4 Å². The summed E-state index contributed by atoms with van der Waals surface area (Å²) in [6.07, 6.45) is 6.91. The fraction of sp³-hybridized carbons (Fsp3) is 0.409. The number of amides is 1. The van der Waals surface area contributed by atoms with Gasteiger partial charge in [-0.25, -0.2) is 4.39 Å². The van der Waals surface area contributed by atoms with Crippen molar-refractivity contribution in [3.8, 4) is 5.75 Å². The van der Waals surface area contributed by atoms with Crippen LogP contribution in [0.4, 0.5) is 4.39 Å². The topological polar surface area (TPSA) is 41.6 Å². The molecule has 7 heteroatoms. The van der Waals surface area contributed by atoms with Crippen LogP contribution in [0.5, 0.6) is 5.75 Å². The normalized spacial score (nSPS) is 14.5.